The highest BCUT2D eigenvalue weighted by Gasteiger charge is 2.24. The van der Waals surface area contributed by atoms with Gasteiger partial charge in [0.1, 0.15) is 17.7 Å². The molecule has 8 nitrogen and oxygen atoms in total. The van der Waals surface area contributed by atoms with Crippen molar-refractivity contribution >= 4 is 28.7 Å². The van der Waals surface area contributed by atoms with Crippen LogP contribution in [0.2, 0.25) is 0 Å². The number of likely N-dealkylation sites (N-methyl/N-ethyl adjacent to an activating group) is 1. The summed E-state index contributed by atoms with van der Waals surface area (Å²) in [6, 6.07) is 12.9. The number of ether oxygens (including phenoxy) is 1. The van der Waals surface area contributed by atoms with Crippen LogP contribution in [0.15, 0.2) is 48.8 Å². The van der Waals surface area contributed by atoms with E-state index in [0.29, 0.717) is 28.8 Å². The summed E-state index contributed by atoms with van der Waals surface area (Å²) in [5.74, 6) is -0.0117. The quantitative estimate of drug-likeness (QED) is 0.604. The SMILES string of the molecule is Cc1cccc(C(CN(C)C(=O)OC(C)(C)C)Nc2ncnc3c(C(N)=O)cccc23)c1. The number of amides is 2. The number of nitrogens with two attached hydrogens (primary N) is 1. The van der Waals surface area contributed by atoms with Crippen molar-refractivity contribution in [2.45, 2.75) is 39.3 Å². The average Bonchev–Trinajstić information content (AvgIpc) is 2.71. The van der Waals surface area contributed by atoms with Gasteiger partial charge in [-0.15, -0.1) is 0 Å². The summed E-state index contributed by atoms with van der Waals surface area (Å²) in [6.07, 6.45) is 0.975. The van der Waals surface area contributed by atoms with E-state index in [0.717, 1.165) is 11.1 Å². The highest BCUT2D eigenvalue weighted by atomic mass is 16.6. The lowest BCUT2D eigenvalue weighted by molar-refractivity contribution is 0.0292. The van der Waals surface area contributed by atoms with E-state index in [9.17, 15) is 9.59 Å². The van der Waals surface area contributed by atoms with Crippen molar-refractivity contribution in [1.82, 2.24) is 14.9 Å². The number of primary amides is 1. The van der Waals surface area contributed by atoms with Gasteiger partial charge in [-0.2, -0.15) is 0 Å². The number of rotatable bonds is 6. The molecule has 3 N–H and O–H groups in total. The van der Waals surface area contributed by atoms with E-state index in [2.05, 4.69) is 21.4 Å². The zero-order valence-electron chi connectivity index (χ0n) is 19.0. The van der Waals surface area contributed by atoms with E-state index in [4.69, 9.17) is 10.5 Å². The molecule has 0 aliphatic rings. The number of carbonyl (C=O) groups excluding carboxylic acids is 2. The highest BCUT2D eigenvalue weighted by molar-refractivity contribution is 6.06. The molecule has 2 aromatic carbocycles. The minimum absolute atomic E-state index is 0.289. The molecule has 0 radical (unpaired) electrons. The summed E-state index contributed by atoms with van der Waals surface area (Å²) >= 11 is 0. The Hall–Kier alpha value is -3.68. The molecule has 3 aromatic rings. The second kappa shape index (κ2) is 9.21. The van der Waals surface area contributed by atoms with Gasteiger partial charge in [0.05, 0.1) is 17.1 Å². The number of hydrogen-bond acceptors (Lipinski definition) is 6. The lowest BCUT2D eigenvalue weighted by atomic mass is 10.0. The van der Waals surface area contributed by atoms with Gasteiger partial charge in [-0.05, 0) is 45.4 Å². The van der Waals surface area contributed by atoms with Gasteiger partial charge in [-0.25, -0.2) is 14.8 Å². The van der Waals surface area contributed by atoms with Crippen LogP contribution in [0.25, 0.3) is 10.9 Å². The Morgan fingerprint density at radius 1 is 1.16 bits per heavy atom. The molecule has 0 saturated carbocycles. The summed E-state index contributed by atoms with van der Waals surface area (Å²) in [7, 11) is 1.70. The number of aromatic nitrogens is 2. The van der Waals surface area contributed by atoms with Crippen molar-refractivity contribution < 1.29 is 14.3 Å². The Balaban J connectivity index is 1.97. The minimum atomic E-state index is -0.592. The molecule has 3 rings (SSSR count). The predicted octanol–water partition coefficient (Wildman–Crippen LogP) is 4.06. The van der Waals surface area contributed by atoms with E-state index in [1.807, 2.05) is 52.0 Å². The number of carbonyl (C=O) groups is 2. The monoisotopic (exact) mass is 435 g/mol. The summed E-state index contributed by atoms with van der Waals surface area (Å²) in [6.45, 7) is 7.84. The van der Waals surface area contributed by atoms with Crippen molar-refractivity contribution in [2.75, 3.05) is 18.9 Å². The standard InChI is InChI=1S/C24H29N5O3/c1-15-8-6-9-16(12-15)19(13-29(5)23(31)32-24(2,3)4)28-22-18-11-7-10-17(21(25)30)20(18)26-14-27-22/h6-12,14,19H,13H2,1-5H3,(H2,25,30)(H,26,27,28). The van der Waals surface area contributed by atoms with Crippen LogP contribution in [0.3, 0.4) is 0 Å². The zero-order valence-corrected chi connectivity index (χ0v) is 19.0. The number of aryl methyl sites for hydroxylation is 1. The first-order valence-corrected chi connectivity index (χ1v) is 10.4. The van der Waals surface area contributed by atoms with E-state index in [-0.39, 0.29) is 6.04 Å². The first kappa shape index (κ1) is 23.0. The second-order valence-electron chi connectivity index (χ2n) is 8.76. The average molecular weight is 436 g/mol. The molecular formula is C24H29N5O3. The maximum Gasteiger partial charge on any atom is 0.410 e. The van der Waals surface area contributed by atoms with Crippen LogP contribution < -0.4 is 11.1 Å². The summed E-state index contributed by atoms with van der Waals surface area (Å²) < 4.78 is 5.50. The summed E-state index contributed by atoms with van der Waals surface area (Å²) in [5, 5.41) is 4.10. The van der Waals surface area contributed by atoms with E-state index >= 15 is 0 Å². The van der Waals surface area contributed by atoms with Crippen LogP contribution in [0.1, 0.15) is 48.3 Å². The third-order valence-electron chi connectivity index (χ3n) is 4.85. The van der Waals surface area contributed by atoms with Gasteiger partial charge < -0.3 is 20.7 Å². The first-order valence-electron chi connectivity index (χ1n) is 10.4. The molecule has 1 aromatic heterocycles. The molecule has 32 heavy (non-hydrogen) atoms. The van der Waals surface area contributed by atoms with Crippen molar-refractivity contribution in [3.8, 4) is 0 Å². The van der Waals surface area contributed by atoms with E-state index in [1.54, 1.807) is 19.2 Å². The number of anilines is 1. The number of hydrogen-bond donors (Lipinski definition) is 2. The van der Waals surface area contributed by atoms with E-state index in [1.165, 1.54) is 11.2 Å². The van der Waals surface area contributed by atoms with Crippen LogP contribution in [-0.2, 0) is 4.74 Å². The van der Waals surface area contributed by atoms with Gasteiger partial charge in [0, 0.05) is 19.0 Å². The minimum Gasteiger partial charge on any atom is -0.444 e. The Labute approximate surface area is 187 Å². The largest absolute Gasteiger partial charge is 0.444 e. The normalized spacial score (nSPS) is 12.3. The van der Waals surface area contributed by atoms with Crippen molar-refractivity contribution in [2.24, 2.45) is 5.73 Å². The molecule has 0 fully saturated rings. The number of para-hydroxylation sites is 1. The highest BCUT2D eigenvalue weighted by Crippen LogP contribution is 2.27. The predicted molar refractivity (Wildman–Crippen MR) is 124 cm³/mol. The van der Waals surface area contributed by atoms with Crippen LogP contribution in [0.5, 0.6) is 0 Å². The van der Waals surface area contributed by atoms with Crippen molar-refractivity contribution in [3.05, 3.63) is 65.5 Å². The molecule has 0 spiro atoms. The fourth-order valence-electron chi connectivity index (χ4n) is 3.38. The van der Waals surface area contributed by atoms with Crippen LogP contribution in [0.4, 0.5) is 10.6 Å². The molecule has 1 unspecified atom stereocenters. The van der Waals surface area contributed by atoms with Gasteiger partial charge in [0.2, 0.25) is 0 Å². The molecule has 0 aliphatic heterocycles. The Kier molecular flexibility index (Phi) is 6.62. The molecule has 1 atom stereocenters. The second-order valence-corrected chi connectivity index (χ2v) is 8.76. The lowest BCUT2D eigenvalue weighted by Crippen LogP contribution is -2.38. The maximum atomic E-state index is 12.6. The van der Waals surface area contributed by atoms with Crippen LogP contribution in [-0.4, -0.2) is 46.1 Å². The zero-order chi connectivity index (χ0) is 23.5. The van der Waals surface area contributed by atoms with Crippen LogP contribution >= 0.6 is 0 Å². The molecule has 0 aliphatic carbocycles. The van der Waals surface area contributed by atoms with Crippen molar-refractivity contribution in [3.63, 3.8) is 0 Å². The third-order valence-corrected chi connectivity index (χ3v) is 4.85. The first-order chi connectivity index (χ1) is 15.0. The fourth-order valence-corrected chi connectivity index (χ4v) is 3.38. The van der Waals surface area contributed by atoms with E-state index < -0.39 is 17.6 Å². The van der Waals surface area contributed by atoms with Gasteiger partial charge in [-0.3, -0.25) is 4.79 Å². The Bertz CT molecular complexity index is 1140. The van der Waals surface area contributed by atoms with Gasteiger partial charge >= 0.3 is 6.09 Å². The molecule has 0 saturated heterocycles. The summed E-state index contributed by atoms with van der Waals surface area (Å²) in [5.41, 5.74) is 7.80. The maximum absolute atomic E-state index is 12.6. The molecular weight excluding hydrogens is 406 g/mol. The van der Waals surface area contributed by atoms with Crippen molar-refractivity contribution in [1.29, 1.82) is 0 Å². The number of nitrogens with one attached hydrogen (secondary N) is 1. The Morgan fingerprint density at radius 2 is 1.88 bits per heavy atom. The molecule has 1 heterocycles. The molecule has 168 valence electrons. The molecule has 2 amide bonds. The lowest BCUT2D eigenvalue weighted by Gasteiger charge is -2.29. The topological polar surface area (TPSA) is 110 Å². The van der Waals surface area contributed by atoms with Gasteiger partial charge in [0.25, 0.3) is 5.91 Å². The molecule has 8 heteroatoms. The number of fused-ring (bicyclic) bond motifs is 1. The van der Waals surface area contributed by atoms with Crippen LogP contribution in [0, 0.1) is 6.92 Å². The fraction of sp³-hybridized carbons (Fsp3) is 0.333. The van der Waals surface area contributed by atoms with Gasteiger partial charge in [-0.1, -0.05) is 35.9 Å². The van der Waals surface area contributed by atoms with Gasteiger partial charge in [0.15, 0.2) is 0 Å². The number of benzene rings is 2. The Morgan fingerprint density at radius 3 is 2.53 bits per heavy atom. The molecule has 0 bridgehead atoms. The number of nitrogens with zero attached hydrogens (tertiary/aromatic N) is 3. The smallest absolute Gasteiger partial charge is 0.410 e. The third kappa shape index (κ3) is 5.51. The summed E-state index contributed by atoms with van der Waals surface area (Å²) in [4.78, 5) is 34.6.